The summed E-state index contributed by atoms with van der Waals surface area (Å²) in [4.78, 5) is 11.3. The minimum atomic E-state index is -0.526. The summed E-state index contributed by atoms with van der Waals surface area (Å²) >= 11 is 0. The fraction of sp³-hybridized carbons (Fsp3) is 0.364. The van der Waals surface area contributed by atoms with Gasteiger partial charge in [0.05, 0.1) is 13.7 Å². The normalized spacial score (nSPS) is 9.82. The Balaban J connectivity index is 2.51. The van der Waals surface area contributed by atoms with Gasteiger partial charge in [0.1, 0.15) is 0 Å². The molecular weight excluding hydrogens is 227 g/mol. The van der Waals surface area contributed by atoms with Crippen molar-refractivity contribution in [1.82, 2.24) is 5.32 Å². The summed E-state index contributed by atoms with van der Waals surface area (Å²) in [5.74, 6) is -0.391. The average Bonchev–Trinajstić information content (AvgIpc) is 2.29. The van der Waals surface area contributed by atoms with Crippen LogP contribution in [0.3, 0.4) is 0 Å². The van der Waals surface area contributed by atoms with Crippen molar-refractivity contribution in [2.75, 3.05) is 32.7 Å². The van der Waals surface area contributed by atoms with Gasteiger partial charge in [0.25, 0.3) is 0 Å². The first kappa shape index (κ1) is 13.2. The number of nitrogens with one attached hydrogen (secondary N) is 2. The van der Waals surface area contributed by atoms with Gasteiger partial charge >= 0.3 is 6.03 Å². The predicted molar refractivity (Wildman–Crippen MR) is 61.8 cm³/mol. The molecule has 6 heteroatoms. The summed E-state index contributed by atoms with van der Waals surface area (Å²) < 4.78 is 22.8. The number of hydrogen-bond acceptors (Lipinski definition) is 3. The second kappa shape index (κ2) is 6.70. The van der Waals surface area contributed by atoms with E-state index in [1.54, 1.807) is 13.2 Å². The highest BCUT2D eigenvalue weighted by Gasteiger charge is 2.05. The van der Waals surface area contributed by atoms with Gasteiger partial charge in [0.15, 0.2) is 11.6 Å². The Morgan fingerprint density at radius 1 is 1.41 bits per heavy atom. The number of carbonyl (C=O) groups is 1. The van der Waals surface area contributed by atoms with Gasteiger partial charge in [-0.25, -0.2) is 9.18 Å². The zero-order chi connectivity index (χ0) is 12.7. The van der Waals surface area contributed by atoms with Gasteiger partial charge in [-0.05, 0) is 12.1 Å². The molecule has 2 amide bonds. The van der Waals surface area contributed by atoms with Gasteiger partial charge in [-0.15, -0.1) is 0 Å². The van der Waals surface area contributed by atoms with Crippen LogP contribution in [-0.2, 0) is 4.74 Å². The number of urea groups is 1. The standard InChI is InChI=1S/C11H15FN2O3/c1-16-6-5-13-11(15)14-8-3-4-10(17-2)9(12)7-8/h3-4,7H,5-6H2,1-2H3,(H2,13,14,15). The van der Waals surface area contributed by atoms with Crippen LogP contribution in [0.1, 0.15) is 0 Å². The number of hydrogen-bond donors (Lipinski definition) is 2. The van der Waals surface area contributed by atoms with E-state index in [0.717, 1.165) is 0 Å². The molecular formula is C11H15FN2O3. The smallest absolute Gasteiger partial charge is 0.319 e. The molecule has 94 valence electrons. The minimum Gasteiger partial charge on any atom is -0.494 e. The fourth-order valence-electron chi connectivity index (χ4n) is 1.19. The molecule has 5 nitrogen and oxygen atoms in total. The van der Waals surface area contributed by atoms with E-state index >= 15 is 0 Å². The highest BCUT2D eigenvalue weighted by Crippen LogP contribution is 2.20. The van der Waals surface area contributed by atoms with E-state index in [2.05, 4.69) is 10.6 Å². The van der Waals surface area contributed by atoms with E-state index in [4.69, 9.17) is 9.47 Å². The van der Waals surface area contributed by atoms with Crippen LogP contribution in [0.2, 0.25) is 0 Å². The lowest BCUT2D eigenvalue weighted by Gasteiger charge is -2.08. The largest absolute Gasteiger partial charge is 0.494 e. The van der Waals surface area contributed by atoms with Gasteiger partial charge in [-0.1, -0.05) is 0 Å². The van der Waals surface area contributed by atoms with Crippen LogP contribution in [-0.4, -0.2) is 33.4 Å². The molecule has 0 fully saturated rings. The zero-order valence-corrected chi connectivity index (χ0v) is 9.75. The lowest BCUT2D eigenvalue weighted by molar-refractivity contribution is 0.198. The Hall–Kier alpha value is -1.82. The van der Waals surface area contributed by atoms with Crippen molar-refractivity contribution in [3.8, 4) is 5.75 Å². The summed E-state index contributed by atoms with van der Waals surface area (Å²) in [6.45, 7) is 0.811. The van der Waals surface area contributed by atoms with Crippen LogP contribution < -0.4 is 15.4 Å². The molecule has 1 aromatic rings. The summed E-state index contributed by atoms with van der Waals surface area (Å²) in [6, 6.07) is 3.78. The van der Waals surface area contributed by atoms with E-state index in [1.165, 1.54) is 19.2 Å². The van der Waals surface area contributed by atoms with E-state index in [1.807, 2.05) is 0 Å². The molecule has 1 rings (SSSR count). The Morgan fingerprint density at radius 3 is 2.76 bits per heavy atom. The Bertz CT molecular complexity index is 385. The molecule has 1 aromatic carbocycles. The van der Waals surface area contributed by atoms with Crippen LogP contribution in [0.5, 0.6) is 5.75 Å². The van der Waals surface area contributed by atoms with Crippen molar-refractivity contribution in [2.24, 2.45) is 0 Å². The zero-order valence-electron chi connectivity index (χ0n) is 9.75. The molecule has 0 bridgehead atoms. The van der Waals surface area contributed by atoms with Crippen molar-refractivity contribution in [3.05, 3.63) is 24.0 Å². The molecule has 0 heterocycles. The first-order valence-electron chi connectivity index (χ1n) is 5.04. The second-order valence-corrected chi connectivity index (χ2v) is 3.22. The second-order valence-electron chi connectivity index (χ2n) is 3.22. The molecule has 17 heavy (non-hydrogen) atoms. The molecule has 2 N–H and O–H groups in total. The average molecular weight is 242 g/mol. The molecule has 0 aromatic heterocycles. The molecule has 0 aliphatic carbocycles. The fourth-order valence-corrected chi connectivity index (χ4v) is 1.19. The molecule has 0 radical (unpaired) electrons. The third-order valence-electron chi connectivity index (χ3n) is 2.00. The van der Waals surface area contributed by atoms with Crippen molar-refractivity contribution in [1.29, 1.82) is 0 Å². The SMILES string of the molecule is COCCNC(=O)Nc1ccc(OC)c(F)c1. The van der Waals surface area contributed by atoms with E-state index in [0.29, 0.717) is 18.8 Å². The van der Waals surface area contributed by atoms with Crippen molar-refractivity contribution >= 4 is 11.7 Å². The van der Waals surface area contributed by atoms with E-state index in [-0.39, 0.29) is 5.75 Å². The third kappa shape index (κ3) is 4.28. The topological polar surface area (TPSA) is 59.6 Å². The summed E-state index contributed by atoms with van der Waals surface area (Å²) in [6.07, 6.45) is 0. The lowest BCUT2D eigenvalue weighted by Crippen LogP contribution is -2.31. The Morgan fingerprint density at radius 2 is 2.18 bits per heavy atom. The first-order valence-corrected chi connectivity index (χ1v) is 5.04. The van der Waals surface area contributed by atoms with Crippen molar-refractivity contribution < 1.29 is 18.7 Å². The quantitative estimate of drug-likeness (QED) is 0.771. The number of anilines is 1. The molecule has 0 atom stereocenters. The summed E-state index contributed by atoms with van der Waals surface area (Å²) in [7, 11) is 2.92. The number of ether oxygens (including phenoxy) is 2. The molecule has 0 unspecified atom stereocenters. The Kier molecular flexibility index (Phi) is 5.22. The van der Waals surface area contributed by atoms with Crippen LogP contribution >= 0.6 is 0 Å². The predicted octanol–water partition coefficient (Wildman–Crippen LogP) is 1.60. The highest BCUT2D eigenvalue weighted by atomic mass is 19.1. The van der Waals surface area contributed by atoms with Gasteiger partial charge in [0, 0.05) is 25.4 Å². The number of rotatable bonds is 5. The van der Waals surface area contributed by atoms with Gasteiger partial charge in [0.2, 0.25) is 0 Å². The monoisotopic (exact) mass is 242 g/mol. The maximum absolute atomic E-state index is 13.3. The van der Waals surface area contributed by atoms with Crippen LogP contribution in [0.25, 0.3) is 0 Å². The maximum atomic E-state index is 13.3. The van der Waals surface area contributed by atoms with Crippen molar-refractivity contribution in [3.63, 3.8) is 0 Å². The number of carbonyl (C=O) groups excluding carboxylic acids is 1. The molecule has 0 spiro atoms. The lowest BCUT2D eigenvalue weighted by atomic mass is 10.3. The Labute approximate surface area is 98.9 Å². The van der Waals surface area contributed by atoms with E-state index in [9.17, 15) is 9.18 Å². The van der Waals surface area contributed by atoms with Crippen LogP contribution in [0.15, 0.2) is 18.2 Å². The molecule has 0 aliphatic rings. The number of halogens is 1. The van der Waals surface area contributed by atoms with E-state index < -0.39 is 11.8 Å². The number of benzene rings is 1. The van der Waals surface area contributed by atoms with Crippen LogP contribution in [0.4, 0.5) is 14.9 Å². The van der Waals surface area contributed by atoms with Gasteiger partial charge in [-0.3, -0.25) is 0 Å². The molecule has 0 saturated carbocycles. The maximum Gasteiger partial charge on any atom is 0.319 e. The number of methoxy groups -OCH3 is 2. The summed E-state index contributed by atoms with van der Waals surface area (Å²) in [5.41, 5.74) is 0.359. The van der Waals surface area contributed by atoms with Crippen LogP contribution in [0, 0.1) is 5.82 Å². The third-order valence-corrected chi connectivity index (χ3v) is 2.00. The molecule has 0 aliphatic heterocycles. The molecule has 0 saturated heterocycles. The van der Waals surface area contributed by atoms with Gasteiger partial charge < -0.3 is 20.1 Å². The minimum absolute atomic E-state index is 0.135. The first-order chi connectivity index (χ1) is 8.17. The summed E-state index contributed by atoms with van der Waals surface area (Å²) in [5, 5.41) is 5.04. The van der Waals surface area contributed by atoms with Gasteiger partial charge in [-0.2, -0.15) is 0 Å². The highest BCUT2D eigenvalue weighted by molar-refractivity contribution is 5.89. The van der Waals surface area contributed by atoms with Crippen molar-refractivity contribution in [2.45, 2.75) is 0 Å². The number of amides is 2.